The van der Waals surface area contributed by atoms with E-state index in [0.29, 0.717) is 24.6 Å². The number of carbonyl (C=O) groups excluding carboxylic acids is 2. The number of halogens is 2. The molecular weight excluding hydrogens is 440 g/mol. The largest absolute Gasteiger partial charge is 0.492 e. The maximum absolute atomic E-state index is 13.9. The van der Waals surface area contributed by atoms with Crippen LogP contribution in [0.5, 0.6) is 5.75 Å². The van der Waals surface area contributed by atoms with E-state index < -0.39 is 23.7 Å². The molecule has 168 valence electrons. The van der Waals surface area contributed by atoms with Gasteiger partial charge in [-0.3, -0.25) is 19.9 Å². The molecule has 2 atom stereocenters. The number of nitrogens with one attached hydrogen (secondary N) is 3. The highest BCUT2D eigenvalue weighted by Crippen LogP contribution is 2.30. The molecule has 2 unspecified atom stereocenters. The van der Waals surface area contributed by atoms with Crippen molar-refractivity contribution in [2.45, 2.75) is 13.1 Å². The number of amides is 2. The number of amidine groups is 1. The fourth-order valence-corrected chi connectivity index (χ4v) is 4.24. The van der Waals surface area contributed by atoms with Crippen LogP contribution in [0.15, 0.2) is 47.5 Å². The Balaban J connectivity index is 1.53. The highest BCUT2D eigenvalue weighted by atomic mass is 32.2. The average molecular weight is 461 g/mol. The monoisotopic (exact) mass is 461 g/mol. The number of benzene rings is 2. The molecule has 8 nitrogen and oxygen atoms in total. The summed E-state index contributed by atoms with van der Waals surface area (Å²) < 4.78 is 32.8. The van der Waals surface area contributed by atoms with E-state index in [2.05, 4.69) is 21.2 Å². The predicted octanol–water partition coefficient (Wildman–Crippen LogP) is 2.49. The molecule has 2 aliphatic rings. The third-order valence-electron chi connectivity index (χ3n) is 4.89. The molecule has 4 rings (SSSR count). The molecule has 2 aromatic rings. The first kappa shape index (κ1) is 22.2. The zero-order chi connectivity index (χ0) is 22.7. The minimum absolute atomic E-state index is 0.0580. The van der Waals surface area contributed by atoms with Crippen LogP contribution in [0, 0.1) is 17.6 Å². The molecule has 2 aromatic carbocycles. The van der Waals surface area contributed by atoms with Crippen LogP contribution in [0.25, 0.3) is 0 Å². The SMILES string of the molecule is CCOc1ccccc1NC(=O)CSC1=NC2NNCC2C(=O)N1c1ccc(F)c(F)c1. The molecule has 1 saturated heterocycles. The maximum atomic E-state index is 13.9. The molecule has 2 heterocycles. The van der Waals surface area contributed by atoms with Crippen LogP contribution < -0.4 is 25.8 Å². The zero-order valence-corrected chi connectivity index (χ0v) is 17.9. The van der Waals surface area contributed by atoms with E-state index in [1.807, 2.05) is 6.92 Å². The van der Waals surface area contributed by atoms with Gasteiger partial charge in [0.25, 0.3) is 0 Å². The summed E-state index contributed by atoms with van der Waals surface area (Å²) >= 11 is 1.03. The summed E-state index contributed by atoms with van der Waals surface area (Å²) in [7, 11) is 0. The number of nitrogens with zero attached hydrogens (tertiary/aromatic N) is 2. The van der Waals surface area contributed by atoms with Gasteiger partial charge in [-0.25, -0.2) is 19.2 Å². The lowest BCUT2D eigenvalue weighted by molar-refractivity contribution is -0.121. The van der Waals surface area contributed by atoms with E-state index in [4.69, 9.17) is 4.74 Å². The van der Waals surface area contributed by atoms with Crippen molar-refractivity contribution in [3.63, 3.8) is 0 Å². The van der Waals surface area contributed by atoms with Crippen molar-refractivity contribution in [2.24, 2.45) is 10.9 Å². The van der Waals surface area contributed by atoms with Gasteiger partial charge < -0.3 is 10.1 Å². The lowest BCUT2D eigenvalue weighted by Gasteiger charge is -2.32. The second-order valence-electron chi connectivity index (χ2n) is 7.03. The summed E-state index contributed by atoms with van der Waals surface area (Å²) in [6.45, 7) is 2.64. The van der Waals surface area contributed by atoms with Gasteiger partial charge in [0.05, 0.1) is 29.7 Å². The maximum Gasteiger partial charge on any atom is 0.241 e. The van der Waals surface area contributed by atoms with Crippen LogP contribution in [0.4, 0.5) is 20.2 Å². The van der Waals surface area contributed by atoms with Gasteiger partial charge in [-0.05, 0) is 31.2 Å². The van der Waals surface area contributed by atoms with E-state index in [1.54, 1.807) is 24.3 Å². The fraction of sp³-hybridized carbons (Fsp3) is 0.286. The fourth-order valence-electron chi connectivity index (χ4n) is 3.40. The molecule has 2 aliphatic heterocycles. The number of thioether (sulfide) groups is 1. The third kappa shape index (κ3) is 4.59. The molecule has 32 heavy (non-hydrogen) atoms. The highest BCUT2D eigenvalue weighted by Gasteiger charge is 2.42. The molecule has 1 fully saturated rings. The smallest absolute Gasteiger partial charge is 0.241 e. The molecule has 0 aliphatic carbocycles. The Morgan fingerprint density at radius 1 is 1.28 bits per heavy atom. The average Bonchev–Trinajstić information content (AvgIpc) is 3.25. The second kappa shape index (κ2) is 9.63. The number of rotatable bonds is 6. The summed E-state index contributed by atoms with van der Waals surface area (Å²) in [4.78, 5) is 31.4. The Labute approximate surface area is 187 Å². The normalized spacial score (nSPS) is 20.0. The Morgan fingerprint density at radius 2 is 2.09 bits per heavy atom. The third-order valence-corrected chi connectivity index (χ3v) is 5.84. The number of aliphatic imine (C=N–C) groups is 1. The molecule has 3 N–H and O–H groups in total. The molecule has 0 spiro atoms. The van der Waals surface area contributed by atoms with Crippen LogP contribution in [-0.2, 0) is 9.59 Å². The number of hydrazine groups is 1. The number of hydrogen-bond acceptors (Lipinski definition) is 7. The first-order chi connectivity index (χ1) is 15.5. The van der Waals surface area contributed by atoms with Gasteiger partial charge in [-0.15, -0.1) is 0 Å². The summed E-state index contributed by atoms with van der Waals surface area (Å²) in [6.07, 6.45) is -0.506. The first-order valence-electron chi connectivity index (χ1n) is 9.97. The quantitative estimate of drug-likeness (QED) is 0.612. The van der Waals surface area contributed by atoms with E-state index in [0.717, 1.165) is 23.9 Å². The van der Waals surface area contributed by atoms with E-state index in [-0.39, 0.29) is 28.4 Å². The minimum atomic E-state index is -1.07. The predicted molar refractivity (Wildman–Crippen MR) is 118 cm³/mol. The standard InChI is InChI=1S/C21H21F2N5O3S/c1-2-31-17-6-4-3-5-16(17)25-18(29)11-32-21-26-19-13(10-24-27-19)20(30)28(21)12-7-8-14(22)15(23)9-12/h3-9,13,19,24,27H,2,10-11H2,1H3,(H,25,29). The highest BCUT2D eigenvalue weighted by molar-refractivity contribution is 8.14. The topological polar surface area (TPSA) is 95.1 Å². The van der Waals surface area contributed by atoms with Gasteiger partial charge in [0.2, 0.25) is 11.8 Å². The Morgan fingerprint density at radius 3 is 2.88 bits per heavy atom. The van der Waals surface area contributed by atoms with Gasteiger partial charge in [-0.2, -0.15) is 0 Å². The van der Waals surface area contributed by atoms with Crippen molar-refractivity contribution >= 4 is 40.1 Å². The van der Waals surface area contributed by atoms with Gasteiger partial charge in [0, 0.05) is 12.6 Å². The van der Waals surface area contributed by atoms with Crippen molar-refractivity contribution < 1.29 is 23.1 Å². The number of fused-ring (bicyclic) bond motifs is 1. The van der Waals surface area contributed by atoms with Crippen molar-refractivity contribution in [1.82, 2.24) is 10.9 Å². The number of para-hydroxylation sites is 2. The Hall–Kier alpha value is -3.02. The van der Waals surface area contributed by atoms with Crippen LogP contribution in [0.1, 0.15) is 6.92 Å². The lowest BCUT2D eigenvalue weighted by atomic mass is 10.0. The summed E-state index contributed by atoms with van der Waals surface area (Å²) in [6, 6.07) is 10.3. The molecule has 2 amide bonds. The van der Waals surface area contributed by atoms with Crippen LogP contribution >= 0.6 is 11.8 Å². The molecule has 11 heteroatoms. The molecule has 0 aromatic heterocycles. The zero-order valence-electron chi connectivity index (χ0n) is 17.1. The van der Waals surface area contributed by atoms with Gasteiger partial charge in [0.1, 0.15) is 11.9 Å². The summed E-state index contributed by atoms with van der Waals surface area (Å²) in [5.74, 6) is -2.75. The number of ether oxygens (including phenoxy) is 1. The lowest BCUT2D eigenvalue weighted by Crippen LogP contribution is -2.49. The molecule has 0 radical (unpaired) electrons. The molecular formula is C21H21F2N5O3S. The van der Waals surface area contributed by atoms with Crippen molar-refractivity contribution in [3.8, 4) is 5.75 Å². The number of anilines is 2. The molecule has 0 saturated carbocycles. The van der Waals surface area contributed by atoms with Crippen molar-refractivity contribution in [3.05, 3.63) is 54.1 Å². The van der Waals surface area contributed by atoms with Crippen LogP contribution in [-0.4, -0.2) is 42.1 Å². The summed E-state index contributed by atoms with van der Waals surface area (Å²) in [5.41, 5.74) is 6.47. The summed E-state index contributed by atoms with van der Waals surface area (Å²) in [5, 5.41) is 3.00. The van der Waals surface area contributed by atoms with Crippen molar-refractivity contribution in [2.75, 3.05) is 29.1 Å². The minimum Gasteiger partial charge on any atom is -0.492 e. The van der Waals surface area contributed by atoms with Gasteiger partial charge in [0.15, 0.2) is 16.8 Å². The molecule has 0 bridgehead atoms. The second-order valence-corrected chi connectivity index (χ2v) is 7.97. The van der Waals surface area contributed by atoms with E-state index in [1.165, 1.54) is 11.0 Å². The number of carbonyl (C=O) groups is 2. The van der Waals surface area contributed by atoms with E-state index in [9.17, 15) is 18.4 Å². The van der Waals surface area contributed by atoms with E-state index >= 15 is 0 Å². The first-order valence-corrected chi connectivity index (χ1v) is 11.0. The van der Waals surface area contributed by atoms with Crippen molar-refractivity contribution in [1.29, 1.82) is 0 Å². The van der Waals surface area contributed by atoms with Gasteiger partial charge >= 0.3 is 0 Å². The Kier molecular flexibility index (Phi) is 6.68. The van der Waals surface area contributed by atoms with Gasteiger partial charge in [-0.1, -0.05) is 23.9 Å². The number of hydrogen-bond donors (Lipinski definition) is 3. The van der Waals surface area contributed by atoms with Crippen LogP contribution in [0.2, 0.25) is 0 Å². The van der Waals surface area contributed by atoms with Crippen LogP contribution in [0.3, 0.4) is 0 Å². The Bertz CT molecular complexity index is 1070.